The van der Waals surface area contributed by atoms with Gasteiger partial charge in [0, 0.05) is 51.5 Å². The number of pyridine rings is 1. The van der Waals surface area contributed by atoms with Crippen molar-refractivity contribution in [1.82, 2.24) is 24.5 Å². The monoisotopic (exact) mass is 852 g/mol. The molecule has 5 aromatic heterocycles. The number of fused-ring (bicyclic) bond motifs is 2. The number of nitrogens with zero attached hydrogens (tertiary/aromatic N) is 5. The van der Waals surface area contributed by atoms with Crippen LogP contribution < -0.4 is 18.9 Å². The fourth-order valence-corrected chi connectivity index (χ4v) is 7.24. The summed E-state index contributed by atoms with van der Waals surface area (Å²) < 4.78 is 26.5. The second-order valence-electron chi connectivity index (χ2n) is 11.2. The van der Waals surface area contributed by atoms with E-state index in [4.69, 9.17) is 23.9 Å². The van der Waals surface area contributed by atoms with E-state index >= 15 is 0 Å². The number of hydrogen-bond acceptors (Lipinski definition) is 11. The number of rotatable bonds is 7. The molecule has 1 N–H and O–H groups in total. The van der Waals surface area contributed by atoms with Crippen molar-refractivity contribution in [2.24, 2.45) is 0 Å². The summed E-state index contributed by atoms with van der Waals surface area (Å²) in [5.41, 5.74) is 3.11. The molecule has 53 heavy (non-hydrogen) atoms. The van der Waals surface area contributed by atoms with Gasteiger partial charge in [-0.15, -0.1) is 22.7 Å². The first-order valence-corrected chi connectivity index (χ1v) is 20.1. The third-order valence-corrected chi connectivity index (χ3v) is 9.85. The summed E-state index contributed by atoms with van der Waals surface area (Å²) in [7, 11) is 4.57. The Hall–Kier alpha value is -5.27. The molecule has 0 amide bonds. The van der Waals surface area contributed by atoms with Gasteiger partial charge in [0.15, 0.2) is 40.4 Å². The number of aromatic nitrogens is 5. The number of ketones is 1. The van der Waals surface area contributed by atoms with Gasteiger partial charge in [-0.1, -0.05) is 66.7 Å². The number of benzene rings is 2. The van der Waals surface area contributed by atoms with E-state index in [1.807, 2.05) is 95.3 Å². The van der Waals surface area contributed by atoms with Gasteiger partial charge in [-0.3, -0.25) is 4.79 Å². The molecule has 9 rings (SSSR count). The van der Waals surface area contributed by atoms with Crippen LogP contribution in [0.25, 0.3) is 38.3 Å². The van der Waals surface area contributed by atoms with E-state index in [-0.39, 0.29) is 11.5 Å². The van der Waals surface area contributed by atoms with Crippen molar-refractivity contribution in [3.63, 3.8) is 0 Å². The van der Waals surface area contributed by atoms with Crippen LogP contribution in [-0.2, 0) is 17.3 Å². The summed E-state index contributed by atoms with van der Waals surface area (Å²) in [6.45, 7) is 2.25. The average Bonchev–Trinajstić information content (AvgIpc) is 4.06. The minimum atomic E-state index is -0.202. The Bertz CT molecular complexity index is 2230. The predicted molar refractivity (Wildman–Crippen MR) is 201 cm³/mol. The summed E-state index contributed by atoms with van der Waals surface area (Å²) in [6.07, 6.45) is 8.75. The molecule has 0 saturated heterocycles. The third-order valence-electron chi connectivity index (χ3n) is 7.88. The number of aliphatic hydroxyl groups is 1. The molecular formula is C38H29ClN5O6RuS2. The number of ether oxygens (including phenoxy) is 4. The molecule has 2 aromatic carbocycles. The fraction of sp³-hybridized carbons (Fsp3) is 0.105. The number of carbonyl (C=O) groups excluding carboxylic acids is 1. The molecule has 269 valence electrons. The van der Waals surface area contributed by atoms with E-state index in [9.17, 15) is 9.90 Å². The SMILES string of the molecule is O=C(/C=C(\O)c1ccccc1)c1ccccc1.[Cl][Ru].c1cc(-n2cc(-c3scc4c3OCCO4)cn2)nc(-n2cc(-c3scc4c3OCCO4)cn2)c1. The molecular weight excluding hydrogens is 823 g/mol. The summed E-state index contributed by atoms with van der Waals surface area (Å²) in [4.78, 5) is 18.6. The normalized spacial score (nSPS) is 12.9. The Morgan fingerprint density at radius 2 is 1.15 bits per heavy atom. The second kappa shape index (κ2) is 17.0. The first kappa shape index (κ1) is 36.1. The molecule has 7 heterocycles. The minimum absolute atomic E-state index is 0.0144. The maximum atomic E-state index is 11.8. The van der Waals surface area contributed by atoms with Crippen LogP contribution in [0.5, 0.6) is 23.0 Å². The summed E-state index contributed by atoms with van der Waals surface area (Å²) in [5, 5.41) is 22.8. The second-order valence-corrected chi connectivity index (χ2v) is 13.0. The van der Waals surface area contributed by atoms with Crippen molar-refractivity contribution in [1.29, 1.82) is 0 Å². The molecule has 2 aliphatic rings. The molecule has 11 nitrogen and oxygen atoms in total. The summed E-state index contributed by atoms with van der Waals surface area (Å²) in [6, 6.07) is 23.6. The Morgan fingerprint density at radius 1 is 0.679 bits per heavy atom. The summed E-state index contributed by atoms with van der Waals surface area (Å²) in [5.74, 6) is 4.31. The standard InChI is InChI=1S/C23H17N5O4S2.C15H12O2.ClH.Ru/c1-2-18(27-10-14(8-24-27)22-20-16(12-33-22)29-4-6-31-20)26-19(3-1)28-11-15(9-25-28)23-21-17(13-34-23)30-5-7-32-21;16-14(12-7-3-1-4-8-12)11-15(17)13-9-5-2-6-10-13;;/h1-3,8-13H,4-7H2;1-11,16H;1H;/q;;;+1/p-1/b;14-11-;;. The van der Waals surface area contributed by atoms with Crippen molar-refractivity contribution in [2.75, 3.05) is 26.4 Å². The zero-order chi connectivity index (χ0) is 36.6. The van der Waals surface area contributed by atoms with E-state index in [2.05, 4.69) is 19.9 Å². The average molecular weight is 852 g/mol. The van der Waals surface area contributed by atoms with Crippen LogP contribution in [0.15, 0.2) is 120 Å². The fourth-order valence-electron chi connectivity index (χ4n) is 5.42. The molecule has 0 aliphatic carbocycles. The van der Waals surface area contributed by atoms with Gasteiger partial charge >= 0.3 is 27.0 Å². The smallest absolute Gasteiger partial charge is 0.180 e. The Morgan fingerprint density at radius 3 is 1.66 bits per heavy atom. The van der Waals surface area contributed by atoms with Crippen LogP contribution in [-0.4, -0.2) is 61.9 Å². The van der Waals surface area contributed by atoms with Gasteiger partial charge in [-0.25, -0.2) is 14.3 Å². The van der Waals surface area contributed by atoms with E-state index < -0.39 is 0 Å². The zero-order valence-electron chi connectivity index (χ0n) is 27.6. The van der Waals surface area contributed by atoms with Gasteiger partial charge < -0.3 is 24.1 Å². The van der Waals surface area contributed by atoms with E-state index in [0.717, 1.165) is 43.9 Å². The van der Waals surface area contributed by atoms with Crippen molar-refractivity contribution < 1.29 is 46.2 Å². The van der Waals surface area contributed by atoms with Crippen LogP contribution in [0.4, 0.5) is 0 Å². The molecule has 0 unspecified atom stereocenters. The van der Waals surface area contributed by atoms with E-state index in [0.29, 0.717) is 49.2 Å². The van der Waals surface area contributed by atoms with Gasteiger partial charge in [0.1, 0.15) is 32.2 Å². The van der Waals surface area contributed by atoms with E-state index in [1.54, 1.807) is 68.4 Å². The molecule has 0 atom stereocenters. The van der Waals surface area contributed by atoms with Gasteiger partial charge in [0.05, 0.1) is 22.1 Å². The molecule has 0 bridgehead atoms. The van der Waals surface area contributed by atoms with Gasteiger partial charge in [0.25, 0.3) is 0 Å². The molecule has 7 aromatic rings. The van der Waals surface area contributed by atoms with Crippen LogP contribution in [0.2, 0.25) is 0 Å². The molecule has 15 heteroatoms. The maximum Gasteiger partial charge on any atom is 0.180 e. The first-order chi connectivity index (χ1) is 26.1. The number of aliphatic hydroxyl groups excluding tert-OH is 1. The van der Waals surface area contributed by atoms with Crippen LogP contribution >= 0.6 is 32.4 Å². The Kier molecular flexibility index (Phi) is 11.6. The number of carbonyl (C=O) groups is 1. The molecule has 0 spiro atoms. The number of allylic oxidation sites excluding steroid dienone is 1. The number of halogens is 1. The van der Waals surface area contributed by atoms with Gasteiger partial charge in [-0.05, 0) is 12.1 Å². The third kappa shape index (κ3) is 8.21. The number of thiophene rings is 2. The maximum absolute atomic E-state index is 11.8. The quantitative estimate of drug-likeness (QED) is 0.0727. The largest absolute Gasteiger partial charge is 0.485 e. The molecule has 0 fully saturated rings. The zero-order valence-corrected chi connectivity index (χ0v) is 31.8. The van der Waals surface area contributed by atoms with Crippen molar-refractivity contribution in [2.45, 2.75) is 0 Å². The van der Waals surface area contributed by atoms with Crippen molar-refractivity contribution in [3.05, 3.63) is 132 Å². The molecule has 0 radical (unpaired) electrons. The Labute approximate surface area is 326 Å². The van der Waals surface area contributed by atoms with Crippen LogP contribution in [0.1, 0.15) is 15.9 Å². The predicted octanol–water partition coefficient (Wildman–Crippen LogP) is 8.61. The van der Waals surface area contributed by atoms with Crippen molar-refractivity contribution >= 4 is 43.9 Å². The topological polar surface area (TPSA) is 123 Å². The summed E-state index contributed by atoms with van der Waals surface area (Å²) >= 11 is 4.99. The van der Waals surface area contributed by atoms with E-state index in [1.165, 1.54) is 6.08 Å². The van der Waals surface area contributed by atoms with Crippen LogP contribution in [0, 0.1) is 0 Å². The van der Waals surface area contributed by atoms with Gasteiger partial charge in [-0.2, -0.15) is 10.2 Å². The van der Waals surface area contributed by atoms with Crippen molar-refractivity contribution in [3.8, 4) is 55.5 Å². The molecule has 2 aliphatic heterocycles. The number of hydrogen-bond donors (Lipinski definition) is 1. The Balaban J connectivity index is 0.000000194. The molecule has 0 saturated carbocycles. The van der Waals surface area contributed by atoms with Gasteiger partial charge in [0.2, 0.25) is 0 Å². The first-order valence-electron chi connectivity index (χ1n) is 16.1. The minimum Gasteiger partial charge on any atom is -0.485 e. The van der Waals surface area contributed by atoms with Crippen LogP contribution in [0.3, 0.4) is 0 Å².